The minimum absolute atomic E-state index is 0.00991. The van der Waals surface area contributed by atoms with Gasteiger partial charge in [0.1, 0.15) is 57.7 Å². The number of aliphatic hydroxyl groups is 1. The Balaban J connectivity index is 1.37. The zero-order chi connectivity index (χ0) is 69.7. The van der Waals surface area contributed by atoms with Gasteiger partial charge in [0.2, 0.25) is 11.8 Å². The van der Waals surface area contributed by atoms with E-state index in [-0.39, 0.29) is 84.3 Å². The van der Waals surface area contributed by atoms with Gasteiger partial charge < -0.3 is 59.7 Å². The number of rotatable bonds is 27. The molecule has 10 atom stereocenters. The third-order valence-corrected chi connectivity index (χ3v) is 18.5. The number of alkyl halides is 3. The number of primary amides is 1. The zero-order valence-electron chi connectivity index (χ0n) is 56.1. The third-order valence-electron chi connectivity index (χ3n) is 18.2. The first-order chi connectivity index (χ1) is 43.4. The molecule has 3 heterocycles. The van der Waals surface area contributed by atoms with E-state index in [1.54, 1.807) is 52.0 Å². The summed E-state index contributed by atoms with van der Waals surface area (Å²) in [6.07, 6.45) is -2.85. The number of urea groups is 1. The monoisotopic (exact) mass is 1330 g/mol. The Bertz CT molecular complexity index is 3110. The fourth-order valence-corrected chi connectivity index (χ4v) is 12.4. The number of carbonyl (C=O) groups excluding carboxylic acids is 9. The number of ketones is 2. The molecule has 2 saturated heterocycles. The normalized spacial score (nSPS) is 23.9. The number of hydrogen-bond acceptors (Lipinski definition) is 16. The van der Waals surface area contributed by atoms with Crippen LogP contribution >= 0.6 is 11.6 Å². The molecule has 3 aliphatic rings. The zero-order valence-corrected chi connectivity index (χ0v) is 56.8. The molecular weight excluding hydrogens is 1240 g/mol. The first kappa shape index (κ1) is 76.8. The molecule has 0 aromatic heterocycles. The van der Waals surface area contributed by atoms with Gasteiger partial charge in [0, 0.05) is 65.3 Å². The van der Waals surface area contributed by atoms with Crippen LogP contribution in [0, 0.1) is 23.7 Å². The van der Waals surface area contributed by atoms with Gasteiger partial charge in [0.15, 0.2) is 5.78 Å². The van der Waals surface area contributed by atoms with Crippen LogP contribution in [0.5, 0.6) is 5.75 Å². The van der Waals surface area contributed by atoms with Crippen LogP contribution in [-0.2, 0) is 76.3 Å². The van der Waals surface area contributed by atoms with Gasteiger partial charge in [-0.2, -0.15) is 13.2 Å². The number of benzene rings is 2. The average Bonchev–Trinajstić information content (AvgIpc) is 1.58. The second kappa shape index (κ2) is 33.0. The second-order valence-corrected chi connectivity index (χ2v) is 26.5. The largest absolute Gasteiger partial charge is 0.495 e. The Labute approximate surface area is 548 Å². The lowest BCUT2D eigenvalue weighted by atomic mass is 9.78. The van der Waals surface area contributed by atoms with Crippen LogP contribution in [0.15, 0.2) is 54.1 Å². The number of allylic oxidation sites excluding steroid dienone is 3. The molecule has 0 spiro atoms. The summed E-state index contributed by atoms with van der Waals surface area (Å²) in [7, 11) is 5.36. The summed E-state index contributed by atoms with van der Waals surface area (Å²) < 4.78 is 80.9. The first-order valence-corrected chi connectivity index (χ1v) is 32.2. The lowest BCUT2D eigenvalue weighted by molar-refractivity contribution is -0.187. The summed E-state index contributed by atoms with van der Waals surface area (Å²) in [4.78, 5) is 124. The summed E-state index contributed by atoms with van der Waals surface area (Å²) in [6.45, 7) is 17.3. The van der Waals surface area contributed by atoms with Crippen LogP contribution in [0.25, 0.3) is 0 Å². The molecule has 93 heavy (non-hydrogen) atoms. The number of esters is 3. The van der Waals surface area contributed by atoms with Crippen molar-refractivity contribution in [2.45, 2.75) is 219 Å². The highest BCUT2D eigenvalue weighted by molar-refractivity contribution is 6.35. The van der Waals surface area contributed by atoms with E-state index in [0.717, 1.165) is 29.7 Å². The number of epoxide rings is 1. The van der Waals surface area contributed by atoms with Crippen LogP contribution in [0.4, 0.5) is 23.7 Å². The van der Waals surface area contributed by atoms with Crippen molar-refractivity contribution in [2.75, 3.05) is 39.8 Å². The van der Waals surface area contributed by atoms with Gasteiger partial charge in [-0.1, -0.05) is 76.1 Å². The molecule has 0 saturated carbocycles. The maximum Gasteiger partial charge on any atom is 0.417 e. The fraction of sp³-hybridized carbons (Fsp3) is 0.632. The van der Waals surface area contributed by atoms with Gasteiger partial charge in [0.25, 0.3) is 5.91 Å². The lowest BCUT2D eigenvalue weighted by Crippen LogP contribution is -2.53. The van der Waals surface area contributed by atoms with Crippen LogP contribution in [0.1, 0.15) is 173 Å². The van der Waals surface area contributed by atoms with Crippen molar-refractivity contribution >= 4 is 70.5 Å². The Kier molecular flexibility index (Phi) is 27.2. The number of nitrogens with two attached hydrogens (primary N) is 1. The molecule has 0 radical (unpaired) electrons. The van der Waals surface area contributed by atoms with E-state index < -0.39 is 143 Å². The summed E-state index contributed by atoms with van der Waals surface area (Å²) in [6, 6.07) is 2.29. The number of unbranched alkanes of at least 4 members (excludes halogenated alkanes) is 1. The van der Waals surface area contributed by atoms with Crippen molar-refractivity contribution in [3.05, 3.63) is 81.4 Å². The molecule has 5 N–H and O–H groups in total. The van der Waals surface area contributed by atoms with Gasteiger partial charge in [-0.25, -0.2) is 9.59 Å². The van der Waals surface area contributed by atoms with Crippen molar-refractivity contribution in [3.8, 4) is 5.75 Å². The number of fused-ring (bicyclic) bond motifs is 5. The quantitative estimate of drug-likeness (QED) is 0.0280. The number of nitrogens with one attached hydrogen (secondary N) is 2. The Morgan fingerprint density at radius 3 is 2.28 bits per heavy atom. The van der Waals surface area contributed by atoms with Crippen LogP contribution in [0.3, 0.4) is 0 Å². The van der Waals surface area contributed by atoms with Gasteiger partial charge in [-0.05, 0) is 127 Å². The number of hydrogen-bond donors (Lipinski definition) is 4. The summed E-state index contributed by atoms with van der Waals surface area (Å²) in [5.74, 6) is -7.52. The van der Waals surface area contributed by atoms with E-state index in [4.69, 9.17) is 45.8 Å². The van der Waals surface area contributed by atoms with E-state index in [9.17, 15) is 48.3 Å². The number of likely N-dealkylation sites (N-methyl/N-ethyl adjacent to an activating group) is 1. The average molecular weight is 1330 g/mol. The van der Waals surface area contributed by atoms with E-state index in [0.29, 0.717) is 50.2 Å². The molecule has 2 fully saturated rings. The van der Waals surface area contributed by atoms with Crippen molar-refractivity contribution in [1.29, 1.82) is 0 Å². The Morgan fingerprint density at radius 1 is 0.989 bits per heavy atom. The van der Waals surface area contributed by atoms with Crippen molar-refractivity contribution in [2.24, 2.45) is 29.4 Å². The second-order valence-electron chi connectivity index (χ2n) is 26.1. The lowest BCUT2D eigenvalue weighted by Gasteiger charge is -2.41. The number of methoxy groups -OCH3 is 2. The maximum atomic E-state index is 15.2. The minimum Gasteiger partial charge on any atom is -0.495 e. The molecular formula is C68H95ClF3N5O16. The predicted molar refractivity (Wildman–Crippen MR) is 341 cm³/mol. The number of ether oxygens (including phenoxy) is 6. The van der Waals surface area contributed by atoms with Gasteiger partial charge in [0.05, 0.1) is 54.8 Å². The van der Waals surface area contributed by atoms with Gasteiger partial charge in [-0.3, -0.25) is 33.6 Å². The van der Waals surface area contributed by atoms with Crippen LogP contribution < -0.4 is 26.0 Å². The van der Waals surface area contributed by atoms with Crippen LogP contribution in [0.2, 0.25) is 5.02 Å². The summed E-state index contributed by atoms with van der Waals surface area (Å²) in [5.41, 5.74) is 0.522. The molecule has 21 nitrogen and oxygen atoms in total. The molecule has 0 unspecified atom stereocenters. The molecule has 25 heteroatoms. The molecule has 4 bridgehead atoms. The number of nitrogens with zero attached hydrogens (tertiary/aromatic N) is 2. The number of amides is 5. The van der Waals surface area contributed by atoms with Crippen molar-refractivity contribution in [3.63, 3.8) is 0 Å². The topological polar surface area (TPSA) is 289 Å². The fourth-order valence-electron chi connectivity index (χ4n) is 12.1. The maximum absolute atomic E-state index is 15.2. The van der Waals surface area contributed by atoms with Crippen molar-refractivity contribution in [1.82, 2.24) is 15.5 Å². The summed E-state index contributed by atoms with van der Waals surface area (Å²) >= 11 is 6.83. The SMILES string of the molecule is CCC(CC)C(=O)OC(C)(C)CCCCC(=O)C[C@H](C(=O)N[C@@H](CCCNC(N)=O)C(=O)Cc1ccc(C(=O)N(C)[C@@H](C)C(=O)O[C@H]2CC(=O)N(C)c3cc(cc(OC)c3Cl)C/C(C)=C/C=C/[C@@H](OC)[C@]3(O)CC(=O)O[C@@H](C3)[C@@H](C)[C@@H]3O[C@@]23C)c(C(F)(F)F)c1)C(C)C. The Morgan fingerprint density at radius 2 is 1.67 bits per heavy atom. The Hall–Kier alpha value is -6.89. The van der Waals surface area contributed by atoms with Crippen molar-refractivity contribution < 1.29 is 89.8 Å². The molecule has 516 valence electrons. The molecule has 5 amide bonds. The van der Waals surface area contributed by atoms with E-state index in [2.05, 4.69) is 10.6 Å². The van der Waals surface area contributed by atoms with E-state index in [1.807, 2.05) is 40.7 Å². The van der Waals surface area contributed by atoms with E-state index >= 15 is 13.2 Å². The first-order valence-electron chi connectivity index (χ1n) is 31.8. The molecule has 0 aliphatic carbocycles. The number of carbonyl (C=O) groups is 9. The smallest absolute Gasteiger partial charge is 0.417 e. The van der Waals surface area contributed by atoms with Gasteiger partial charge in [-0.15, -0.1) is 0 Å². The molecule has 5 rings (SSSR count). The highest BCUT2D eigenvalue weighted by atomic mass is 35.5. The molecule has 3 aliphatic heterocycles. The number of anilines is 1. The number of halogens is 4. The summed E-state index contributed by atoms with van der Waals surface area (Å²) in [5, 5.41) is 17.3. The predicted octanol–water partition coefficient (Wildman–Crippen LogP) is 9.69. The highest BCUT2D eigenvalue weighted by Crippen LogP contribution is 2.50. The molecule has 2 aromatic carbocycles. The standard InChI is InChI=1S/C68H95ClF3N5O16/c1-15-44(16-2)63(85)93-65(8,9)27-18-17-22-45(78)34-47(38(3)4)60(82)75-49(23-20-28-74-64(73)86)51(79)32-42-25-26-46(48(30-42)68(70,71)72)61(83)76(11)41(7)62(84)91-55-35-56(80)77(12)50-31-43(33-52(88-13)58(50)69)29-39(5)21-19-24-54(89-14)67(87)36-53(90-57(81)37-67)40(6)59-66(55,10)92-59/h19,21,24-26,30-31,33,38,40-41,44,47,49,53-55,59,87H,15-18,20,22-23,27-29,32,34-37H2,1-14H3,(H,75,82)(H3,73,74,86)/b24-19+,39-21+/t40-,41+,47+,49+,53+,54-,55+,59+,66+,67-/m1/s1. The third kappa shape index (κ3) is 20.6. The number of Topliss-reactive ketones (excluding diaryl/α,β-unsaturated/α-hetero) is 2. The van der Waals surface area contributed by atoms with Crippen LogP contribution in [-0.4, -0.2) is 151 Å². The van der Waals surface area contributed by atoms with Gasteiger partial charge >= 0.3 is 30.1 Å². The highest BCUT2D eigenvalue weighted by Gasteiger charge is 2.64. The molecule has 2 aromatic rings. The minimum atomic E-state index is -5.20. The van der Waals surface area contributed by atoms with E-state index in [1.165, 1.54) is 33.1 Å².